The lowest BCUT2D eigenvalue weighted by Gasteiger charge is -2.34. The van der Waals surface area contributed by atoms with Gasteiger partial charge in [-0.2, -0.15) is 0 Å². The summed E-state index contributed by atoms with van der Waals surface area (Å²) in [6.45, 7) is 5.55. The van der Waals surface area contributed by atoms with Gasteiger partial charge in [0.15, 0.2) is 0 Å². The van der Waals surface area contributed by atoms with Crippen molar-refractivity contribution in [3.05, 3.63) is 71.9 Å². The fourth-order valence-electron chi connectivity index (χ4n) is 4.41. The Morgan fingerprint density at radius 1 is 1.07 bits per heavy atom. The summed E-state index contributed by atoms with van der Waals surface area (Å²) < 4.78 is 5.77. The highest BCUT2D eigenvalue weighted by Gasteiger charge is 2.30. The molecule has 0 spiro atoms. The van der Waals surface area contributed by atoms with Crippen LogP contribution >= 0.6 is 0 Å². The van der Waals surface area contributed by atoms with E-state index in [1.807, 2.05) is 11.0 Å². The minimum Gasteiger partial charge on any atom is -0.467 e. The van der Waals surface area contributed by atoms with E-state index in [1.54, 1.807) is 24.7 Å². The molecule has 1 amide bonds. The third kappa shape index (κ3) is 3.40. The summed E-state index contributed by atoms with van der Waals surface area (Å²) in [6, 6.07) is 12.5. The molecule has 30 heavy (non-hydrogen) atoms. The normalized spacial score (nSPS) is 18.6. The molecule has 0 aliphatic carbocycles. The quantitative estimate of drug-likeness (QED) is 0.667. The van der Waals surface area contributed by atoms with Crippen molar-refractivity contribution in [3.63, 3.8) is 0 Å². The Kier molecular flexibility index (Phi) is 4.86. The van der Waals surface area contributed by atoms with Gasteiger partial charge >= 0.3 is 0 Å². The van der Waals surface area contributed by atoms with E-state index in [0.717, 1.165) is 31.2 Å². The van der Waals surface area contributed by atoms with E-state index in [0.29, 0.717) is 31.2 Å². The van der Waals surface area contributed by atoms with Crippen LogP contribution in [-0.4, -0.2) is 53.0 Å². The first-order chi connectivity index (χ1) is 14.7. The number of anilines is 2. The van der Waals surface area contributed by atoms with Crippen molar-refractivity contribution >= 4 is 17.5 Å². The SMILES string of the molecule is CC1Cc2ccccc2N1Cc1occc1C(=O)N1CCN(c2ncccn2)CC1. The Bertz CT molecular complexity index is 1030. The van der Waals surface area contributed by atoms with E-state index >= 15 is 0 Å². The van der Waals surface area contributed by atoms with E-state index in [1.165, 1.54) is 11.3 Å². The number of piperazine rings is 1. The van der Waals surface area contributed by atoms with Crippen molar-refractivity contribution in [2.24, 2.45) is 0 Å². The molecule has 1 fully saturated rings. The lowest BCUT2D eigenvalue weighted by atomic mass is 10.1. The number of carbonyl (C=O) groups excluding carboxylic acids is 1. The molecule has 1 aromatic carbocycles. The molecule has 7 heteroatoms. The third-order valence-corrected chi connectivity index (χ3v) is 6.04. The number of hydrogen-bond acceptors (Lipinski definition) is 6. The molecule has 2 aliphatic rings. The Hall–Kier alpha value is -3.35. The first-order valence-corrected chi connectivity index (χ1v) is 10.4. The van der Waals surface area contributed by atoms with Crippen molar-refractivity contribution in [1.29, 1.82) is 0 Å². The van der Waals surface area contributed by atoms with Crippen LogP contribution in [0.15, 0.2) is 59.5 Å². The largest absolute Gasteiger partial charge is 0.467 e. The van der Waals surface area contributed by atoms with Gasteiger partial charge in [-0.3, -0.25) is 4.79 Å². The summed E-state index contributed by atoms with van der Waals surface area (Å²) in [7, 11) is 0. The van der Waals surface area contributed by atoms with E-state index in [4.69, 9.17) is 4.42 Å². The minimum atomic E-state index is 0.0347. The average molecular weight is 403 g/mol. The molecule has 3 aromatic rings. The van der Waals surface area contributed by atoms with E-state index in [2.05, 4.69) is 51.0 Å². The van der Waals surface area contributed by atoms with Gasteiger partial charge in [0, 0.05) is 50.3 Å². The zero-order chi connectivity index (χ0) is 20.5. The molecule has 0 N–H and O–H groups in total. The van der Waals surface area contributed by atoms with E-state index in [9.17, 15) is 4.79 Å². The first kappa shape index (κ1) is 18.7. The number of benzene rings is 1. The summed E-state index contributed by atoms with van der Waals surface area (Å²) >= 11 is 0. The maximum absolute atomic E-state index is 13.2. The average Bonchev–Trinajstić information content (AvgIpc) is 3.38. The van der Waals surface area contributed by atoms with Crippen molar-refractivity contribution in [2.45, 2.75) is 25.9 Å². The maximum atomic E-state index is 13.2. The van der Waals surface area contributed by atoms with Crippen molar-refractivity contribution in [2.75, 3.05) is 36.0 Å². The van der Waals surface area contributed by atoms with E-state index in [-0.39, 0.29) is 5.91 Å². The lowest BCUT2D eigenvalue weighted by molar-refractivity contribution is 0.0744. The molecule has 1 saturated heterocycles. The molecular formula is C23H25N5O2. The smallest absolute Gasteiger partial charge is 0.257 e. The molecule has 0 bridgehead atoms. The van der Waals surface area contributed by atoms with Gasteiger partial charge in [0.2, 0.25) is 5.95 Å². The van der Waals surface area contributed by atoms with Crippen LogP contribution in [0.5, 0.6) is 0 Å². The summed E-state index contributed by atoms with van der Waals surface area (Å²) in [5.41, 5.74) is 3.25. The third-order valence-electron chi connectivity index (χ3n) is 6.04. The second-order valence-electron chi connectivity index (χ2n) is 7.90. The summed E-state index contributed by atoms with van der Waals surface area (Å²) in [5, 5.41) is 0. The number of carbonyl (C=O) groups is 1. The van der Waals surface area contributed by atoms with Crippen LogP contribution in [0.1, 0.15) is 28.6 Å². The summed E-state index contributed by atoms with van der Waals surface area (Å²) in [6.07, 6.45) is 6.14. The van der Waals surface area contributed by atoms with Crippen molar-refractivity contribution in [1.82, 2.24) is 14.9 Å². The Morgan fingerprint density at radius 3 is 2.63 bits per heavy atom. The number of amides is 1. The van der Waals surface area contributed by atoms with Crippen LogP contribution in [0.25, 0.3) is 0 Å². The number of fused-ring (bicyclic) bond motifs is 1. The summed E-state index contributed by atoms with van der Waals surface area (Å²) in [5.74, 6) is 1.49. The molecule has 154 valence electrons. The molecule has 1 atom stereocenters. The number of hydrogen-bond donors (Lipinski definition) is 0. The molecule has 4 heterocycles. The van der Waals surface area contributed by atoms with Crippen LogP contribution in [-0.2, 0) is 13.0 Å². The predicted molar refractivity (Wildman–Crippen MR) is 115 cm³/mol. The van der Waals surface area contributed by atoms with Crippen LogP contribution in [0.2, 0.25) is 0 Å². The molecule has 5 rings (SSSR count). The fourth-order valence-corrected chi connectivity index (χ4v) is 4.41. The summed E-state index contributed by atoms with van der Waals surface area (Å²) in [4.78, 5) is 28.2. The molecular weight excluding hydrogens is 378 g/mol. The first-order valence-electron chi connectivity index (χ1n) is 10.4. The zero-order valence-electron chi connectivity index (χ0n) is 17.1. The van der Waals surface area contributed by atoms with E-state index < -0.39 is 0 Å². The van der Waals surface area contributed by atoms with Crippen LogP contribution in [0.3, 0.4) is 0 Å². The number of furan rings is 1. The Morgan fingerprint density at radius 2 is 1.83 bits per heavy atom. The monoisotopic (exact) mass is 403 g/mol. The van der Waals surface area contributed by atoms with Crippen molar-refractivity contribution in [3.8, 4) is 0 Å². The number of rotatable bonds is 4. The maximum Gasteiger partial charge on any atom is 0.257 e. The van der Waals surface area contributed by atoms with Gasteiger partial charge in [-0.25, -0.2) is 9.97 Å². The number of para-hydroxylation sites is 1. The highest BCUT2D eigenvalue weighted by molar-refractivity contribution is 5.95. The molecule has 2 aromatic heterocycles. The molecule has 0 radical (unpaired) electrons. The highest BCUT2D eigenvalue weighted by atomic mass is 16.3. The van der Waals surface area contributed by atoms with Crippen LogP contribution < -0.4 is 9.80 Å². The van der Waals surface area contributed by atoms with Gasteiger partial charge in [0.1, 0.15) is 5.76 Å². The number of nitrogens with zero attached hydrogens (tertiary/aromatic N) is 5. The topological polar surface area (TPSA) is 65.7 Å². The van der Waals surface area contributed by atoms with Gasteiger partial charge in [-0.15, -0.1) is 0 Å². The van der Waals surface area contributed by atoms with Crippen LogP contribution in [0, 0.1) is 0 Å². The van der Waals surface area contributed by atoms with Gasteiger partial charge in [-0.05, 0) is 37.1 Å². The van der Waals surface area contributed by atoms with Gasteiger partial charge in [0.05, 0.1) is 18.4 Å². The lowest BCUT2D eigenvalue weighted by Crippen LogP contribution is -2.49. The van der Waals surface area contributed by atoms with Gasteiger partial charge in [-0.1, -0.05) is 18.2 Å². The van der Waals surface area contributed by atoms with Gasteiger partial charge in [0.25, 0.3) is 5.91 Å². The fraction of sp³-hybridized carbons (Fsp3) is 0.348. The van der Waals surface area contributed by atoms with Gasteiger partial charge < -0.3 is 19.1 Å². The second-order valence-corrected chi connectivity index (χ2v) is 7.90. The van der Waals surface area contributed by atoms with Crippen molar-refractivity contribution < 1.29 is 9.21 Å². The standard InChI is InChI=1S/C23H25N5O2/c1-17-15-18-5-2-3-6-20(18)28(17)16-21-19(7-14-30-21)22(29)26-10-12-27(13-11-26)23-24-8-4-9-25-23/h2-9,14,17H,10-13,15-16H2,1H3. The molecule has 0 saturated carbocycles. The number of aromatic nitrogens is 2. The molecule has 7 nitrogen and oxygen atoms in total. The predicted octanol–water partition coefficient (Wildman–Crippen LogP) is 2.98. The zero-order valence-corrected chi connectivity index (χ0v) is 17.1. The highest BCUT2D eigenvalue weighted by Crippen LogP contribution is 2.33. The minimum absolute atomic E-state index is 0.0347. The molecule has 1 unspecified atom stereocenters. The van der Waals surface area contributed by atoms with Crippen LogP contribution in [0.4, 0.5) is 11.6 Å². The second kappa shape index (κ2) is 7.82. The Balaban J connectivity index is 1.28. The Labute approximate surface area is 175 Å². The molecule has 2 aliphatic heterocycles.